The van der Waals surface area contributed by atoms with E-state index >= 15 is 0 Å². The fraction of sp³-hybridized carbons (Fsp3) is 0.429. The molecule has 1 aromatic heterocycles. The van der Waals surface area contributed by atoms with Crippen molar-refractivity contribution in [2.24, 2.45) is 0 Å². The summed E-state index contributed by atoms with van der Waals surface area (Å²) in [7, 11) is 0. The van der Waals surface area contributed by atoms with Gasteiger partial charge in [0.2, 0.25) is 0 Å². The molecule has 2 rings (SSSR count). The van der Waals surface area contributed by atoms with Crippen LogP contribution in [0.4, 0.5) is 8.78 Å². The van der Waals surface area contributed by atoms with Crippen LogP contribution in [-0.2, 0) is 5.41 Å². The van der Waals surface area contributed by atoms with Crippen LogP contribution in [0.15, 0.2) is 12.1 Å². The highest BCUT2D eigenvalue weighted by Crippen LogP contribution is 2.35. The smallest absolute Gasteiger partial charge is 0.165 e. The summed E-state index contributed by atoms with van der Waals surface area (Å²) < 4.78 is 31.4. The van der Waals surface area contributed by atoms with Crippen molar-refractivity contribution >= 4 is 11.5 Å². The first-order chi connectivity index (χ1) is 9.23. The molecule has 0 aliphatic rings. The number of benzene rings is 1. The molecule has 1 N–H and O–H groups in total. The molecule has 6 heteroatoms. The van der Waals surface area contributed by atoms with Gasteiger partial charge >= 0.3 is 0 Å². The molecule has 0 saturated carbocycles. The lowest BCUT2D eigenvalue weighted by molar-refractivity contribution is 0.214. The van der Waals surface area contributed by atoms with Gasteiger partial charge in [-0.2, -0.15) is 0 Å². The number of rotatable bonds is 2. The molecule has 0 radical (unpaired) electrons. The van der Waals surface area contributed by atoms with Gasteiger partial charge in [0.1, 0.15) is 6.10 Å². The monoisotopic (exact) mass is 298 g/mol. The van der Waals surface area contributed by atoms with Gasteiger partial charge in [0.05, 0.1) is 10.6 Å². The summed E-state index contributed by atoms with van der Waals surface area (Å²) in [6.45, 7) is 7.24. The molecule has 108 valence electrons. The Morgan fingerprint density at radius 2 is 1.85 bits per heavy atom. The maximum absolute atomic E-state index is 14.0. The third-order valence-corrected chi connectivity index (χ3v) is 3.85. The van der Waals surface area contributed by atoms with Gasteiger partial charge in [-0.25, -0.2) is 8.78 Å². The molecule has 0 fully saturated rings. The lowest BCUT2D eigenvalue weighted by Gasteiger charge is -2.19. The van der Waals surface area contributed by atoms with E-state index in [1.807, 2.05) is 20.8 Å². The summed E-state index contributed by atoms with van der Waals surface area (Å²) in [4.78, 5) is 0.444. The molecule has 1 heterocycles. The Hall–Kier alpha value is -1.40. The van der Waals surface area contributed by atoms with Gasteiger partial charge in [-0.1, -0.05) is 37.4 Å². The zero-order valence-electron chi connectivity index (χ0n) is 11.7. The lowest BCUT2D eigenvalue weighted by Crippen LogP contribution is -2.16. The Morgan fingerprint density at radius 1 is 1.20 bits per heavy atom. The molecule has 0 spiro atoms. The van der Waals surface area contributed by atoms with Crippen molar-refractivity contribution < 1.29 is 13.9 Å². The van der Waals surface area contributed by atoms with Crippen LogP contribution in [0.25, 0.3) is 0 Å². The SMILES string of the molecule is Cc1ccc(C(O)c2snnc2C(C)(C)C)c(F)c1F. The molecule has 0 bridgehead atoms. The highest BCUT2D eigenvalue weighted by Gasteiger charge is 2.29. The van der Waals surface area contributed by atoms with Crippen LogP contribution in [0.1, 0.15) is 48.6 Å². The molecular weight excluding hydrogens is 282 g/mol. The van der Waals surface area contributed by atoms with Crippen molar-refractivity contribution in [3.63, 3.8) is 0 Å². The van der Waals surface area contributed by atoms with Gasteiger partial charge in [0.25, 0.3) is 0 Å². The van der Waals surface area contributed by atoms with Crippen molar-refractivity contribution in [1.29, 1.82) is 0 Å². The Bertz CT molecular complexity index is 635. The number of nitrogens with zero attached hydrogens (tertiary/aromatic N) is 2. The van der Waals surface area contributed by atoms with Gasteiger partial charge in [0.15, 0.2) is 11.6 Å². The van der Waals surface area contributed by atoms with Crippen molar-refractivity contribution in [1.82, 2.24) is 9.59 Å². The second-order valence-corrected chi connectivity index (χ2v) is 6.52. The van der Waals surface area contributed by atoms with Crippen LogP contribution < -0.4 is 0 Å². The zero-order chi connectivity index (χ0) is 15.1. The van der Waals surface area contributed by atoms with E-state index in [1.165, 1.54) is 19.1 Å². The Labute approximate surface area is 120 Å². The summed E-state index contributed by atoms with van der Waals surface area (Å²) in [5.74, 6) is -1.96. The molecule has 0 saturated heterocycles. The van der Waals surface area contributed by atoms with Crippen LogP contribution >= 0.6 is 11.5 Å². The first kappa shape index (κ1) is 15.0. The average molecular weight is 298 g/mol. The summed E-state index contributed by atoms with van der Waals surface area (Å²) >= 11 is 0.998. The number of halogens is 2. The number of aliphatic hydroxyl groups is 1. The normalized spacial score (nSPS) is 13.6. The maximum Gasteiger partial charge on any atom is 0.165 e. The Morgan fingerprint density at radius 3 is 2.45 bits per heavy atom. The molecular formula is C14H16F2N2OS. The standard InChI is InChI=1S/C14H16F2N2OS/c1-7-5-6-8(10(16)9(7)15)11(19)12-13(14(2,3)4)17-18-20-12/h5-6,11,19H,1-4H3. The van der Waals surface area contributed by atoms with Gasteiger partial charge in [-0.05, 0) is 24.0 Å². The van der Waals surface area contributed by atoms with E-state index < -0.39 is 17.7 Å². The van der Waals surface area contributed by atoms with Crippen molar-refractivity contribution in [2.45, 2.75) is 39.2 Å². The molecule has 0 amide bonds. The van der Waals surface area contributed by atoms with Crippen molar-refractivity contribution in [2.75, 3.05) is 0 Å². The largest absolute Gasteiger partial charge is 0.383 e. The highest BCUT2D eigenvalue weighted by atomic mass is 32.1. The van der Waals surface area contributed by atoms with E-state index in [4.69, 9.17) is 0 Å². The third-order valence-electron chi connectivity index (χ3n) is 3.07. The van der Waals surface area contributed by atoms with Crippen LogP contribution in [0, 0.1) is 18.6 Å². The number of aliphatic hydroxyl groups excluding tert-OH is 1. The summed E-state index contributed by atoms with van der Waals surface area (Å²) in [5.41, 5.74) is 0.375. The minimum absolute atomic E-state index is 0.0929. The maximum atomic E-state index is 14.0. The summed E-state index contributed by atoms with van der Waals surface area (Å²) in [5, 5.41) is 14.3. The topological polar surface area (TPSA) is 46.0 Å². The molecule has 1 unspecified atom stereocenters. The molecule has 3 nitrogen and oxygen atoms in total. The Kier molecular flexibility index (Phi) is 3.88. The predicted octanol–water partition coefficient (Wildman–Crippen LogP) is 3.50. The second kappa shape index (κ2) is 5.18. The molecule has 20 heavy (non-hydrogen) atoms. The first-order valence-corrected chi connectivity index (χ1v) is 6.96. The molecule has 1 atom stereocenters. The molecule has 1 aromatic carbocycles. The van der Waals surface area contributed by atoms with Gasteiger partial charge in [-0.3, -0.25) is 0 Å². The number of aryl methyl sites for hydroxylation is 1. The first-order valence-electron chi connectivity index (χ1n) is 6.18. The lowest BCUT2D eigenvalue weighted by atomic mass is 9.89. The van der Waals surface area contributed by atoms with Crippen LogP contribution in [0.3, 0.4) is 0 Å². The molecule has 2 aromatic rings. The van der Waals surface area contributed by atoms with Crippen molar-refractivity contribution in [3.8, 4) is 0 Å². The second-order valence-electron chi connectivity index (χ2n) is 5.74. The van der Waals surface area contributed by atoms with Gasteiger partial charge < -0.3 is 5.11 Å². The van der Waals surface area contributed by atoms with E-state index in [9.17, 15) is 13.9 Å². The van der Waals surface area contributed by atoms with Gasteiger partial charge in [0, 0.05) is 11.0 Å². The van der Waals surface area contributed by atoms with Gasteiger partial charge in [-0.15, -0.1) is 5.10 Å². The summed E-state index contributed by atoms with van der Waals surface area (Å²) in [6, 6.07) is 2.84. The van der Waals surface area contributed by atoms with E-state index in [2.05, 4.69) is 9.59 Å². The highest BCUT2D eigenvalue weighted by molar-refractivity contribution is 7.05. The average Bonchev–Trinajstić information content (AvgIpc) is 2.84. The minimum Gasteiger partial charge on any atom is -0.383 e. The number of hydrogen-bond donors (Lipinski definition) is 1. The van der Waals surface area contributed by atoms with E-state index in [1.54, 1.807) is 0 Å². The molecule has 0 aliphatic heterocycles. The predicted molar refractivity (Wildman–Crippen MR) is 73.8 cm³/mol. The summed E-state index contributed by atoms with van der Waals surface area (Å²) in [6.07, 6.45) is -1.26. The van der Waals surface area contributed by atoms with E-state index in [-0.39, 0.29) is 16.5 Å². The molecule has 0 aliphatic carbocycles. The van der Waals surface area contributed by atoms with Crippen LogP contribution in [-0.4, -0.2) is 14.7 Å². The number of hydrogen-bond acceptors (Lipinski definition) is 4. The van der Waals surface area contributed by atoms with Crippen LogP contribution in [0.2, 0.25) is 0 Å². The fourth-order valence-electron chi connectivity index (χ4n) is 1.91. The van der Waals surface area contributed by atoms with E-state index in [0.717, 1.165) is 11.5 Å². The van der Waals surface area contributed by atoms with E-state index in [0.29, 0.717) is 10.6 Å². The minimum atomic E-state index is -1.26. The number of aromatic nitrogens is 2. The third kappa shape index (κ3) is 2.58. The van der Waals surface area contributed by atoms with Crippen molar-refractivity contribution in [3.05, 3.63) is 45.5 Å². The zero-order valence-corrected chi connectivity index (χ0v) is 12.6. The quantitative estimate of drug-likeness (QED) is 0.923. The van der Waals surface area contributed by atoms with Crippen LogP contribution in [0.5, 0.6) is 0 Å². The fourth-order valence-corrected chi connectivity index (χ4v) is 2.78. The Balaban J connectivity index is 2.50.